The van der Waals surface area contributed by atoms with Crippen LogP contribution in [0.1, 0.15) is 129 Å². The Morgan fingerprint density at radius 1 is 0.767 bits per heavy atom. The molecule has 0 fully saturated rings. The maximum Gasteiger partial charge on any atom is 0.220 e. The van der Waals surface area contributed by atoms with Gasteiger partial charge in [0.05, 0.1) is 18.8 Å². The van der Waals surface area contributed by atoms with E-state index < -0.39 is 12.1 Å². The van der Waals surface area contributed by atoms with Gasteiger partial charge in [0.2, 0.25) is 5.91 Å². The van der Waals surface area contributed by atoms with Crippen LogP contribution in [0.3, 0.4) is 0 Å². The average Bonchev–Trinajstić information content (AvgIpc) is 2.74. The molecule has 0 aromatic carbocycles. The summed E-state index contributed by atoms with van der Waals surface area (Å²) in [7, 11) is 0. The third kappa shape index (κ3) is 19.1. The summed E-state index contributed by atoms with van der Waals surface area (Å²) >= 11 is 0. The second-order valence-corrected chi connectivity index (χ2v) is 8.75. The molecule has 0 bridgehead atoms. The van der Waals surface area contributed by atoms with Crippen LogP contribution in [0.4, 0.5) is 0 Å². The van der Waals surface area contributed by atoms with Crippen LogP contribution in [-0.2, 0) is 4.79 Å². The molecule has 0 aliphatic heterocycles. The lowest BCUT2D eigenvalue weighted by Gasteiger charge is -2.22. The normalized spacial score (nSPS) is 13.6. The minimum Gasteiger partial charge on any atom is -0.394 e. The molecule has 4 nitrogen and oxygen atoms in total. The first-order chi connectivity index (χ1) is 14.7. The number of hydrogen-bond acceptors (Lipinski definition) is 3. The second-order valence-electron chi connectivity index (χ2n) is 8.75. The van der Waals surface area contributed by atoms with E-state index in [0.29, 0.717) is 12.8 Å². The van der Waals surface area contributed by atoms with E-state index in [-0.39, 0.29) is 12.5 Å². The van der Waals surface area contributed by atoms with E-state index in [1.165, 1.54) is 70.6 Å². The quantitative estimate of drug-likeness (QED) is 0.138. The highest BCUT2D eigenvalue weighted by Crippen LogP contribution is 2.11. The Balaban J connectivity index is 3.54. The Bertz CT molecular complexity index is 398. The summed E-state index contributed by atoms with van der Waals surface area (Å²) in [5.74, 6) is -0.0544. The second kappa shape index (κ2) is 22.8. The molecule has 0 aliphatic rings. The SMILES string of the molecule is CCCCCCCCC=CCCCCCCCC(=O)NC(CO)C(O)CCCCC. The number of aliphatic hydroxyl groups is 2. The monoisotopic (exact) mass is 425 g/mol. The number of hydrogen-bond donors (Lipinski definition) is 3. The zero-order valence-corrected chi connectivity index (χ0v) is 20.0. The van der Waals surface area contributed by atoms with Gasteiger partial charge in [0.1, 0.15) is 0 Å². The Morgan fingerprint density at radius 3 is 1.83 bits per heavy atom. The van der Waals surface area contributed by atoms with Crippen molar-refractivity contribution in [3.8, 4) is 0 Å². The highest BCUT2D eigenvalue weighted by Gasteiger charge is 2.19. The molecule has 178 valence electrons. The van der Waals surface area contributed by atoms with E-state index in [1.807, 2.05) is 0 Å². The standard InChI is InChI=1S/C26H51NO3/c1-3-5-7-8-9-10-11-12-13-14-15-16-17-18-20-22-26(30)27-24(23-28)25(29)21-19-6-4-2/h12-13,24-25,28-29H,3-11,14-23H2,1-2H3,(H,27,30). The van der Waals surface area contributed by atoms with E-state index in [0.717, 1.165) is 32.1 Å². The topological polar surface area (TPSA) is 69.6 Å². The van der Waals surface area contributed by atoms with Crippen molar-refractivity contribution in [1.29, 1.82) is 0 Å². The molecule has 4 heteroatoms. The number of carbonyl (C=O) groups is 1. The lowest BCUT2D eigenvalue weighted by molar-refractivity contribution is -0.123. The number of amides is 1. The molecule has 3 N–H and O–H groups in total. The molecule has 1 amide bonds. The first-order valence-corrected chi connectivity index (χ1v) is 12.9. The highest BCUT2D eigenvalue weighted by atomic mass is 16.3. The molecule has 0 rings (SSSR count). The third-order valence-electron chi connectivity index (χ3n) is 5.78. The Hall–Kier alpha value is -0.870. The van der Waals surface area contributed by atoms with E-state index in [4.69, 9.17) is 0 Å². The van der Waals surface area contributed by atoms with Crippen LogP contribution in [0.15, 0.2) is 12.2 Å². The molecule has 0 aromatic heterocycles. The molecule has 2 unspecified atom stereocenters. The van der Waals surface area contributed by atoms with Gasteiger partial charge in [-0.05, 0) is 38.5 Å². The zero-order chi connectivity index (χ0) is 22.3. The smallest absolute Gasteiger partial charge is 0.220 e. The van der Waals surface area contributed by atoms with Crippen molar-refractivity contribution in [1.82, 2.24) is 5.32 Å². The van der Waals surface area contributed by atoms with Gasteiger partial charge in [-0.1, -0.05) is 96.6 Å². The summed E-state index contributed by atoms with van der Waals surface area (Å²) in [5, 5.41) is 22.3. The van der Waals surface area contributed by atoms with Gasteiger partial charge in [-0.15, -0.1) is 0 Å². The molecule has 0 aromatic rings. The summed E-state index contributed by atoms with van der Waals surface area (Å²) in [6.45, 7) is 4.17. The maximum atomic E-state index is 12.0. The predicted octanol–water partition coefficient (Wildman–Crippen LogP) is 6.44. The van der Waals surface area contributed by atoms with Gasteiger partial charge in [-0.25, -0.2) is 0 Å². The van der Waals surface area contributed by atoms with Crippen LogP contribution in [0, 0.1) is 0 Å². The fourth-order valence-corrected chi connectivity index (χ4v) is 3.70. The Kier molecular flexibility index (Phi) is 22.1. The van der Waals surface area contributed by atoms with Crippen molar-refractivity contribution in [3.63, 3.8) is 0 Å². The van der Waals surface area contributed by atoms with Gasteiger partial charge >= 0.3 is 0 Å². The van der Waals surface area contributed by atoms with Gasteiger partial charge in [0.25, 0.3) is 0 Å². The van der Waals surface area contributed by atoms with Crippen molar-refractivity contribution in [2.24, 2.45) is 0 Å². The number of rotatable bonds is 22. The number of nitrogens with one attached hydrogen (secondary N) is 1. The number of unbranched alkanes of at least 4 members (excludes halogenated alkanes) is 13. The van der Waals surface area contributed by atoms with Gasteiger partial charge in [0.15, 0.2) is 0 Å². The van der Waals surface area contributed by atoms with Crippen LogP contribution >= 0.6 is 0 Å². The number of aliphatic hydroxyl groups excluding tert-OH is 2. The fraction of sp³-hybridized carbons (Fsp3) is 0.885. The van der Waals surface area contributed by atoms with Gasteiger partial charge < -0.3 is 15.5 Å². The van der Waals surface area contributed by atoms with Crippen molar-refractivity contribution >= 4 is 5.91 Å². The van der Waals surface area contributed by atoms with Crippen molar-refractivity contribution in [2.75, 3.05) is 6.61 Å². The predicted molar refractivity (Wildman–Crippen MR) is 129 cm³/mol. The molecular weight excluding hydrogens is 374 g/mol. The largest absolute Gasteiger partial charge is 0.394 e. The lowest BCUT2D eigenvalue weighted by Crippen LogP contribution is -2.45. The van der Waals surface area contributed by atoms with Crippen LogP contribution < -0.4 is 5.32 Å². The zero-order valence-electron chi connectivity index (χ0n) is 20.0. The minimum atomic E-state index is -0.653. The van der Waals surface area contributed by atoms with Gasteiger partial charge in [-0.3, -0.25) is 4.79 Å². The van der Waals surface area contributed by atoms with E-state index >= 15 is 0 Å². The summed E-state index contributed by atoms with van der Waals surface area (Å²) < 4.78 is 0. The first-order valence-electron chi connectivity index (χ1n) is 12.9. The molecule has 0 saturated heterocycles. The third-order valence-corrected chi connectivity index (χ3v) is 5.78. The molecule has 0 radical (unpaired) electrons. The maximum absolute atomic E-state index is 12.0. The highest BCUT2D eigenvalue weighted by molar-refractivity contribution is 5.76. The minimum absolute atomic E-state index is 0.0544. The van der Waals surface area contributed by atoms with E-state index in [9.17, 15) is 15.0 Å². The molecule has 30 heavy (non-hydrogen) atoms. The Labute approximate surface area is 186 Å². The van der Waals surface area contributed by atoms with Crippen LogP contribution in [0.25, 0.3) is 0 Å². The summed E-state index contributed by atoms with van der Waals surface area (Å²) in [6, 6.07) is -0.530. The van der Waals surface area contributed by atoms with Gasteiger partial charge in [-0.2, -0.15) is 0 Å². The molecule has 2 atom stereocenters. The Morgan fingerprint density at radius 2 is 1.27 bits per heavy atom. The molecule has 0 saturated carbocycles. The number of carbonyl (C=O) groups excluding carboxylic acids is 1. The summed E-state index contributed by atoms with van der Waals surface area (Å²) in [6.07, 6.45) is 24.4. The van der Waals surface area contributed by atoms with Crippen molar-refractivity contribution in [2.45, 2.75) is 142 Å². The summed E-state index contributed by atoms with van der Waals surface area (Å²) in [5.41, 5.74) is 0. The average molecular weight is 426 g/mol. The first kappa shape index (κ1) is 29.1. The van der Waals surface area contributed by atoms with Crippen LogP contribution in [0.2, 0.25) is 0 Å². The van der Waals surface area contributed by atoms with E-state index in [1.54, 1.807) is 0 Å². The fourth-order valence-electron chi connectivity index (χ4n) is 3.70. The molecule has 0 heterocycles. The molecule has 0 aliphatic carbocycles. The van der Waals surface area contributed by atoms with Crippen molar-refractivity contribution in [3.05, 3.63) is 12.2 Å². The summed E-state index contributed by atoms with van der Waals surface area (Å²) in [4.78, 5) is 12.0. The van der Waals surface area contributed by atoms with Crippen LogP contribution in [-0.4, -0.2) is 34.9 Å². The number of allylic oxidation sites excluding steroid dienone is 2. The molecule has 0 spiro atoms. The molecular formula is C26H51NO3. The van der Waals surface area contributed by atoms with E-state index in [2.05, 4.69) is 31.3 Å². The van der Waals surface area contributed by atoms with Gasteiger partial charge in [0, 0.05) is 6.42 Å². The lowest BCUT2D eigenvalue weighted by atomic mass is 10.0. The van der Waals surface area contributed by atoms with Crippen molar-refractivity contribution < 1.29 is 15.0 Å². The van der Waals surface area contributed by atoms with Crippen LogP contribution in [0.5, 0.6) is 0 Å².